The molecule has 0 aliphatic heterocycles. The molecule has 0 aliphatic carbocycles. The van der Waals surface area contributed by atoms with Gasteiger partial charge in [0.05, 0.1) is 11.7 Å². The fourth-order valence-electron chi connectivity index (χ4n) is 0.925. The predicted octanol–water partition coefficient (Wildman–Crippen LogP) is 1.01. The van der Waals surface area contributed by atoms with Gasteiger partial charge in [0, 0.05) is 5.38 Å². The molecule has 0 amide bonds. The highest BCUT2D eigenvalue weighted by Crippen LogP contribution is 2.15. The number of nitrogens with zero attached hydrogens (tertiary/aromatic N) is 2. The largest absolute Gasteiger partial charge is 0.271 e. The minimum Gasteiger partial charge on any atom is -0.271 e. The van der Waals surface area contributed by atoms with Crippen molar-refractivity contribution in [3.05, 3.63) is 23.7 Å². The Hall–Kier alpha value is -0.780. The molecule has 1 atom stereocenters. The van der Waals surface area contributed by atoms with Crippen molar-refractivity contribution in [2.45, 2.75) is 18.9 Å². The summed E-state index contributed by atoms with van der Waals surface area (Å²) in [6.45, 7) is 3.65. The first-order chi connectivity index (χ1) is 5.88. The number of rotatable bonds is 5. The third-order valence-electron chi connectivity index (χ3n) is 1.59. The van der Waals surface area contributed by atoms with Gasteiger partial charge in [0.25, 0.3) is 0 Å². The van der Waals surface area contributed by atoms with Gasteiger partial charge >= 0.3 is 0 Å². The Kier molecular flexibility index (Phi) is 3.86. The molecule has 3 N–H and O–H groups in total. The zero-order valence-electron chi connectivity index (χ0n) is 6.73. The summed E-state index contributed by atoms with van der Waals surface area (Å²) in [4.78, 5) is 0. The summed E-state index contributed by atoms with van der Waals surface area (Å²) >= 11 is 1.33. The van der Waals surface area contributed by atoms with E-state index in [4.69, 9.17) is 5.84 Å². The van der Waals surface area contributed by atoms with E-state index in [0.29, 0.717) is 0 Å². The summed E-state index contributed by atoms with van der Waals surface area (Å²) < 4.78 is 3.77. The molecule has 0 aliphatic rings. The van der Waals surface area contributed by atoms with Crippen LogP contribution in [-0.2, 0) is 0 Å². The molecule has 0 radical (unpaired) electrons. The van der Waals surface area contributed by atoms with E-state index in [1.54, 1.807) is 0 Å². The number of nitrogens with one attached hydrogen (secondary N) is 1. The monoisotopic (exact) mass is 184 g/mol. The lowest BCUT2D eigenvalue weighted by Crippen LogP contribution is -2.28. The number of hydrogen-bond donors (Lipinski definition) is 2. The van der Waals surface area contributed by atoms with E-state index in [1.165, 1.54) is 11.5 Å². The van der Waals surface area contributed by atoms with Crippen molar-refractivity contribution in [2.24, 2.45) is 5.84 Å². The van der Waals surface area contributed by atoms with Crippen LogP contribution in [0, 0.1) is 0 Å². The van der Waals surface area contributed by atoms with Crippen molar-refractivity contribution in [1.82, 2.24) is 15.0 Å². The highest BCUT2D eigenvalue weighted by molar-refractivity contribution is 7.03. The van der Waals surface area contributed by atoms with Crippen LogP contribution in [-0.4, -0.2) is 9.59 Å². The van der Waals surface area contributed by atoms with E-state index in [1.807, 2.05) is 11.5 Å². The zero-order chi connectivity index (χ0) is 8.81. The SMILES string of the molecule is C=CCCC(NN)c1csnn1. The third kappa shape index (κ3) is 2.37. The summed E-state index contributed by atoms with van der Waals surface area (Å²) in [6, 6.07) is 0.0988. The highest BCUT2D eigenvalue weighted by Gasteiger charge is 2.10. The average Bonchev–Trinajstić information content (AvgIpc) is 2.59. The van der Waals surface area contributed by atoms with E-state index in [0.717, 1.165) is 18.5 Å². The van der Waals surface area contributed by atoms with Crippen LogP contribution in [0.3, 0.4) is 0 Å². The minimum atomic E-state index is 0.0988. The Morgan fingerprint density at radius 3 is 3.17 bits per heavy atom. The van der Waals surface area contributed by atoms with Crippen LogP contribution in [0.1, 0.15) is 24.6 Å². The minimum absolute atomic E-state index is 0.0988. The second-order valence-electron chi connectivity index (χ2n) is 2.42. The normalized spacial score (nSPS) is 12.8. The van der Waals surface area contributed by atoms with Crippen LogP contribution in [0.4, 0.5) is 0 Å². The zero-order valence-corrected chi connectivity index (χ0v) is 7.55. The first-order valence-electron chi connectivity index (χ1n) is 3.72. The van der Waals surface area contributed by atoms with Crippen LogP contribution in [0.15, 0.2) is 18.0 Å². The third-order valence-corrected chi connectivity index (χ3v) is 2.12. The Morgan fingerprint density at radius 2 is 2.67 bits per heavy atom. The van der Waals surface area contributed by atoms with E-state index in [2.05, 4.69) is 21.6 Å². The maximum Gasteiger partial charge on any atom is 0.0938 e. The molecule has 66 valence electrons. The molecule has 12 heavy (non-hydrogen) atoms. The van der Waals surface area contributed by atoms with Gasteiger partial charge in [-0.2, -0.15) is 0 Å². The van der Waals surface area contributed by atoms with E-state index in [-0.39, 0.29) is 6.04 Å². The number of allylic oxidation sites excluding steroid dienone is 1. The van der Waals surface area contributed by atoms with Gasteiger partial charge in [-0.05, 0) is 24.4 Å². The number of nitrogens with two attached hydrogens (primary N) is 1. The summed E-state index contributed by atoms with van der Waals surface area (Å²) in [5, 5.41) is 5.83. The van der Waals surface area contributed by atoms with Crippen molar-refractivity contribution < 1.29 is 0 Å². The molecule has 5 heteroatoms. The molecule has 0 saturated carbocycles. The lowest BCUT2D eigenvalue weighted by atomic mass is 10.1. The maximum atomic E-state index is 5.36. The van der Waals surface area contributed by atoms with Crippen molar-refractivity contribution in [1.29, 1.82) is 0 Å². The molecule has 0 aromatic carbocycles. The predicted molar refractivity (Wildman–Crippen MR) is 49.4 cm³/mol. The van der Waals surface area contributed by atoms with Gasteiger partial charge in [-0.1, -0.05) is 10.6 Å². The fraction of sp³-hybridized carbons (Fsp3) is 0.429. The Balaban J connectivity index is 2.51. The Morgan fingerprint density at radius 1 is 1.83 bits per heavy atom. The summed E-state index contributed by atoms with van der Waals surface area (Å²) in [5.41, 5.74) is 3.60. The summed E-state index contributed by atoms with van der Waals surface area (Å²) in [6.07, 6.45) is 3.70. The van der Waals surface area contributed by atoms with Crippen molar-refractivity contribution in [3.63, 3.8) is 0 Å². The smallest absolute Gasteiger partial charge is 0.0938 e. The molecule has 0 bridgehead atoms. The Labute approximate surface area is 75.6 Å². The van der Waals surface area contributed by atoms with Gasteiger partial charge in [0.1, 0.15) is 0 Å². The molecule has 1 heterocycles. The average molecular weight is 184 g/mol. The number of aromatic nitrogens is 2. The molecule has 1 aromatic heterocycles. The second-order valence-corrected chi connectivity index (χ2v) is 3.02. The summed E-state index contributed by atoms with van der Waals surface area (Å²) in [5.74, 6) is 5.36. The van der Waals surface area contributed by atoms with Crippen LogP contribution in [0.2, 0.25) is 0 Å². The van der Waals surface area contributed by atoms with Crippen molar-refractivity contribution in [2.75, 3.05) is 0 Å². The van der Waals surface area contributed by atoms with E-state index in [9.17, 15) is 0 Å². The van der Waals surface area contributed by atoms with Crippen LogP contribution in [0.5, 0.6) is 0 Å². The molecular weight excluding hydrogens is 172 g/mol. The van der Waals surface area contributed by atoms with Gasteiger partial charge in [0.15, 0.2) is 0 Å². The summed E-state index contributed by atoms with van der Waals surface area (Å²) in [7, 11) is 0. The van der Waals surface area contributed by atoms with Crippen molar-refractivity contribution in [3.8, 4) is 0 Å². The van der Waals surface area contributed by atoms with Gasteiger partial charge in [-0.15, -0.1) is 11.7 Å². The maximum absolute atomic E-state index is 5.36. The quantitative estimate of drug-likeness (QED) is 0.407. The standard InChI is InChI=1S/C7H12N4S/c1-2-3-4-6(9-8)7-5-12-11-10-7/h2,5-6,9H,1,3-4,8H2. The first-order valence-corrected chi connectivity index (χ1v) is 4.56. The fourth-order valence-corrected chi connectivity index (χ4v) is 1.43. The molecule has 0 saturated heterocycles. The second kappa shape index (κ2) is 4.97. The lowest BCUT2D eigenvalue weighted by molar-refractivity contribution is 0.508. The molecule has 0 fully saturated rings. The van der Waals surface area contributed by atoms with E-state index < -0.39 is 0 Å². The van der Waals surface area contributed by atoms with E-state index >= 15 is 0 Å². The molecule has 0 spiro atoms. The number of hydrazine groups is 1. The molecular formula is C7H12N4S. The molecule has 1 aromatic rings. The van der Waals surface area contributed by atoms with Gasteiger partial charge in [0.2, 0.25) is 0 Å². The van der Waals surface area contributed by atoms with Gasteiger partial charge < -0.3 is 0 Å². The topological polar surface area (TPSA) is 63.8 Å². The van der Waals surface area contributed by atoms with Gasteiger partial charge in [-0.25, -0.2) is 0 Å². The van der Waals surface area contributed by atoms with Gasteiger partial charge in [-0.3, -0.25) is 11.3 Å². The number of hydrogen-bond acceptors (Lipinski definition) is 5. The lowest BCUT2D eigenvalue weighted by Gasteiger charge is -2.10. The Bertz CT molecular complexity index is 221. The van der Waals surface area contributed by atoms with Crippen LogP contribution >= 0.6 is 11.5 Å². The molecule has 1 unspecified atom stereocenters. The molecule has 4 nitrogen and oxygen atoms in total. The van der Waals surface area contributed by atoms with Crippen LogP contribution in [0.25, 0.3) is 0 Å². The highest BCUT2D eigenvalue weighted by atomic mass is 32.1. The van der Waals surface area contributed by atoms with Crippen molar-refractivity contribution >= 4 is 11.5 Å². The molecule has 1 rings (SSSR count). The first kappa shape index (κ1) is 9.31. The van der Waals surface area contributed by atoms with Crippen LogP contribution < -0.4 is 11.3 Å².